The number of carbonyl (C=O) groups excluding carboxylic acids is 2. The third kappa shape index (κ3) is 30.1. The summed E-state index contributed by atoms with van der Waals surface area (Å²) in [6.07, 6.45) is 29.0. The summed E-state index contributed by atoms with van der Waals surface area (Å²) < 4.78 is 32.4. The maximum Gasteiger partial charge on any atom is 0.472 e. The molecule has 0 aliphatic carbocycles. The summed E-state index contributed by atoms with van der Waals surface area (Å²) in [4.78, 5) is 34.5. The molecule has 10 heteroatoms. The lowest BCUT2D eigenvalue weighted by Crippen LogP contribution is -2.29. The highest BCUT2D eigenvalue weighted by Gasteiger charge is 2.25. The SMILES string of the molecule is CC/C=C/C=C/C=C/CCCCCCCC(=O)OC(COC(=O)CCCCCCCCCCC)COP(=O)(O)OCCN. The molecule has 3 N–H and O–H groups in total. The molecule has 0 radical (unpaired) electrons. The topological polar surface area (TPSA) is 134 Å². The van der Waals surface area contributed by atoms with Crippen molar-refractivity contribution in [3.63, 3.8) is 0 Å². The van der Waals surface area contributed by atoms with Crippen LogP contribution in [0.5, 0.6) is 0 Å². The minimum atomic E-state index is -4.37. The molecule has 0 aromatic heterocycles. The maximum absolute atomic E-state index is 12.4. The molecular formula is C33H60NO8P. The van der Waals surface area contributed by atoms with Gasteiger partial charge in [-0.1, -0.05) is 121 Å². The van der Waals surface area contributed by atoms with Gasteiger partial charge in [-0.15, -0.1) is 0 Å². The van der Waals surface area contributed by atoms with Crippen LogP contribution >= 0.6 is 7.82 Å². The lowest BCUT2D eigenvalue weighted by Gasteiger charge is -2.19. The number of phosphoric acid groups is 1. The van der Waals surface area contributed by atoms with Crippen molar-refractivity contribution >= 4 is 19.8 Å². The van der Waals surface area contributed by atoms with Gasteiger partial charge >= 0.3 is 19.8 Å². The average Bonchev–Trinajstić information content (AvgIpc) is 2.99. The molecule has 0 aromatic rings. The minimum absolute atomic E-state index is 0.0494. The molecule has 0 heterocycles. The van der Waals surface area contributed by atoms with Gasteiger partial charge in [-0.2, -0.15) is 0 Å². The normalized spacial score (nSPS) is 14.0. The first-order valence-electron chi connectivity index (χ1n) is 16.5. The van der Waals surface area contributed by atoms with Gasteiger partial charge in [-0.25, -0.2) is 4.57 Å². The van der Waals surface area contributed by atoms with Crippen molar-refractivity contribution in [2.45, 2.75) is 136 Å². The van der Waals surface area contributed by atoms with Crippen LogP contribution in [0.25, 0.3) is 0 Å². The number of allylic oxidation sites excluding steroid dienone is 6. The first-order valence-corrected chi connectivity index (χ1v) is 18.0. The molecule has 0 aliphatic heterocycles. The van der Waals surface area contributed by atoms with Gasteiger partial charge in [-0.05, 0) is 32.1 Å². The number of unbranched alkanes of at least 4 members (excludes halogenated alkanes) is 13. The van der Waals surface area contributed by atoms with Crippen LogP contribution in [0, 0.1) is 0 Å². The van der Waals surface area contributed by atoms with E-state index in [0.29, 0.717) is 6.42 Å². The van der Waals surface area contributed by atoms with E-state index >= 15 is 0 Å². The molecule has 250 valence electrons. The van der Waals surface area contributed by atoms with Crippen LogP contribution in [0.4, 0.5) is 0 Å². The van der Waals surface area contributed by atoms with Gasteiger partial charge in [0.1, 0.15) is 6.61 Å². The number of ether oxygens (including phenoxy) is 2. The van der Waals surface area contributed by atoms with Crippen molar-refractivity contribution in [2.24, 2.45) is 5.73 Å². The van der Waals surface area contributed by atoms with Gasteiger partial charge < -0.3 is 20.1 Å². The molecule has 43 heavy (non-hydrogen) atoms. The highest BCUT2D eigenvalue weighted by atomic mass is 31.2. The van der Waals surface area contributed by atoms with Gasteiger partial charge in [-0.3, -0.25) is 18.6 Å². The fraction of sp³-hybridized carbons (Fsp3) is 0.758. The highest BCUT2D eigenvalue weighted by molar-refractivity contribution is 7.47. The van der Waals surface area contributed by atoms with E-state index in [1.807, 2.05) is 18.2 Å². The zero-order valence-electron chi connectivity index (χ0n) is 26.9. The van der Waals surface area contributed by atoms with E-state index < -0.39 is 32.5 Å². The van der Waals surface area contributed by atoms with Gasteiger partial charge in [0.05, 0.1) is 13.2 Å². The van der Waals surface area contributed by atoms with E-state index in [1.54, 1.807) is 0 Å². The number of hydrogen-bond donors (Lipinski definition) is 2. The third-order valence-corrected chi connectivity index (χ3v) is 7.59. The van der Waals surface area contributed by atoms with Gasteiger partial charge in [0.25, 0.3) is 0 Å². The molecule has 0 saturated heterocycles. The van der Waals surface area contributed by atoms with Crippen LogP contribution in [-0.4, -0.2) is 49.3 Å². The van der Waals surface area contributed by atoms with E-state index in [9.17, 15) is 19.0 Å². The van der Waals surface area contributed by atoms with E-state index in [4.69, 9.17) is 24.3 Å². The Kier molecular flexibility index (Phi) is 29.0. The summed E-state index contributed by atoms with van der Waals surface area (Å²) in [6, 6.07) is 0. The summed E-state index contributed by atoms with van der Waals surface area (Å²) in [5.74, 6) is -0.860. The fourth-order valence-electron chi connectivity index (χ4n) is 4.16. The fourth-order valence-corrected chi connectivity index (χ4v) is 4.93. The summed E-state index contributed by atoms with van der Waals surface area (Å²) in [5, 5.41) is 0. The number of hydrogen-bond acceptors (Lipinski definition) is 8. The lowest BCUT2D eigenvalue weighted by atomic mass is 10.1. The predicted octanol–water partition coefficient (Wildman–Crippen LogP) is 8.26. The molecule has 0 bridgehead atoms. The molecular weight excluding hydrogens is 569 g/mol. The molecule has 9 nitrogen and oxygen atoms in total. The second-order valence-corrected chi connectivity index (χ2v) is 12.2. The van der Waals surface area contributed by atoms with Crippen LogP contribution in [-0.2, 0) is 32.7 Å². The number of rotatable bonds is 30. The molecule has 0 aromatic carbocycles. The van der Waals surface area contributed by atoms with E-state index in [0.717, 1.165) is 57.8 Å². The summed E-state index contributed by atoms with van der Waals surface area (Å²) >= 11 is 0. The number of esters is 2. The van der Waals surface area contributed by atoms with Crippen LogP contribution in [0.15, 0.2) is 36.5 Å². The van der Waals surface area contributed by atoms with Gasteiger partial charge in [0.2, 0.25) is 0 Å². The van der Waals surface area contributed by atoms with Crippen LogP contribution < -0.4 is 5.73 Å². The standard InChI is InChI=1S/C33H60NO8P/c1-3-5-7-9-11-13-14-15-16-18-20-22-24-26-33(36)42-31(30-41-43(37,38)40-28-27-34)29-39-32(35)25-23-21-19-17-12-10-8-6-4-2/h5,7,9,11,13-14,31H,3-4,6,8,10,12,15-30,34H2,1-2H3,(H,37,38)/b7-5+,11-9+,14-13+. The van der Waals surface area contributed by atoms with Crippen LogP contribution in [0.3, 0.4) is 0 Å². The van der Waals surface area contributed by atoms with Gasteiger partial charge in [0, 0.05) is 19.4 Å². The summed E-state index contributed by atoms with van der Waals surface area (Å²) in [7, 11) is -4.37. The average molecular weight is 630 g/mol. The van der Waals surface area contributed by atoms with Crippen molar-refractivity contribution < 1.29 is 37.6 Å². The molecule has 2 atom stereocenters. The Morgan fingerprint density at radius 1 is 0.721 bits per heavy atom. The molecule has 0 aliphatic rings. The number of nitrogens with two attached hydrogens (primary N) is 1. The van der Waals surface area contributed by atoms with Crippen molar-refractivity contribution in [1.29, 1.82) is 0 Å². The second-order valence-electron chi connectivity index (χ2n) is 10.7. The Morgan fingerprint density at radius 3 is 1.88 bits per heavy atom. The highest BCUT2D eigenvalue weighted by Crippen LogP contribution is 2.43. The quantitative estimate of drug-likeness (QED) is 0.0348. The third-order valence-electron chi connectivity index (χ3n) is 6.60. The monoisotopic (exact) mass is 629 g/mol. The zero-order valence-corrected chi connectivity index (χ0v) is 27.8. The van der Waals surface area contributed by atoms with Crippen molar-refractivity contribution in [3.05, 3.63) is 36.5 Å². The summed E-state index contributed by atoms with van der Waals surface area (Å²) in [5.41, 5.74) is 5.31. The molecule has 0 rings (SSSR count). The molecule has 2 unspecified atom stereocenters. The Bertz CT molecular complexity index is 815. The molecule has 0 spiro atoms. The first-order chi connectivity index (χ1) is 20.8. The maximum atomic E-state index is 12.4. The number of phosphoric ester groups is 1. The molecule has 0 fully saturated rings. The first kappa shape index (κ1) is 41.2. The van der Waals surface area contributed by atoms with E-state index in [2.05, 4.69) is 32.1 Å². The van der Waals surface area contributed by atoms with Crippen molar-refractivity contribution in [3.8, 4) is 0 Å². The number of carbonyl (C=O) groups is 2. The Morgan fingerprint density at radius 2 is 1.28 bits per heavy atom. The predicted molar refractivity (Wildman–Crippen MR) is 173 cm³/mol. The molecule has 0 saturated carbocycles. The summed E-state index contributed by atoms with van der Waals surface area (Å²) in [6.45, 7) is 3.51. The minimum Gasteiger partial charge on any atom is -0.462 e. The Labute approximate surface area is 261 Å². The van der Waals surface area contributed by atoms with Crippen LogP contribution in [0.1, 0.15) is 129 Å². The Hall–Kier alpha value is -1.77. The largest absolute Gasteiger partial charge is 0.472 e. The lowest BCUT2D eigenvalue weighted by molar-refractivity contribution is -0.161. The zero-order chi connectivity index (χ0) is 31.9. The smallest absolute Gasteiger partial charge is 0.462 e. The van der Waals surface area contributed by atoms with Crippen molar-refractivity contribution in [2.75, 3.05) is 26.4 Å². The van der Waals surface area contributed by atoms with Gasteiger partial charge in [0.15, 0.2) is 6.10 Å². The van der Waals surface area contributed by atoms with E-state index in [1.165, 1.54) is 38.5 Å². The second kappa shape index (κ2) is 30.3. The van der Waals surface area contributed by atoms with Crippen molar-refractivity contribution in [1.82, 2.24) is 0 Å². The Balaban J connectivity index is 4.35. The molecule has 0 amide bonds. The van der Waals surface area contributed by atoms with Crippen LogP contribution in [0.2, 0.25) is 0 Å². The van der Waals surface area contributed by atoms with E-state index in [-0.39, 0.29) is 32.6 Å².